The van der Waals surface area contributed by atoms with E-state index in [1.54, 1.807) is 13.8 Å². The van der Waals surface area contributed by atoms with Crippen molar-refractivity contribution in [3.05, 3.63) is 144 Å². The molecule has 0 fully saturated rings. The van der Waals surface area contributed by atoms with Gasteiger partial charge in [-0.25, -0.2) is 0 Å². The van der Waals surface area contributed by atoms with Gasteiger partial charge in [-0.1, -0.05) is 169 Å². The van der Waals surface area contributed by atoms with Crippen LogP contribution in [-0.2, 0) is 11.2 Å². The first kappa shape index (κ1) is 45.8. The van der Waals surface area contributed by atoms with Gasteiger partial charge in [0.15, 0.2) is 0 Å². The molecule has 0 N–H and O–H groups in total. The third-order valence-electron chi connectivity index (χ3n) is 7.62. The molecule has 0 unspecified atom stereocenters. The fourth-order valence-corrected chi connectivity index (χ4v) is 7.79. The maximum absolute atomic E-state index is 12.7. The molecule has 0 aromatic heterocycles. The molecule has 4 aromatic rings. The van der Waals surface area contributed by atoms with Crippen molar-refractivity contribution in [2.24, 2.45) is 0 Å². The molecule has 0 atom stereocenters. The molecule has 0 spiro atoms. The van der Waals surface area contributed by atoms with Gasteiger partial charge in [-0.3, -0.25) is 0 Å². The fraction of sp³-hybridized carbons (Fsp3) is 0.333. The fourth-order valence-electron chi connectivity index (χ4n) is 4.37. The van der Waals surface area contributed by atoms with Crippen LogP contribution < -0.4 is 10.2 Å². The van der Waals surface area contributed by atoms with E-state index < -0.39 is 77.3 Å². The summed E-state index contributed by atoms with van der Waals surface area (Å²) in [5, 5.41) is 25.0. The van der Waals surface area contributed by atoms with E-state index in [0.29, 0.717) is 0 Å². The predicted octanol–water partition coefficient (Wildman–Crippen LogP) is 9.81. The van der Waals surface area contributed by atoms with Crippen LogP contribution in [0.5, 0.6) is 0 Å². The summed E-state index contributed by atoms with van der Waals surface area (Å²) in [6.07, 6.45) is -13.5. The van der Waals surface area contributed by atoms with Gasteiger partial charge in [-0.15, -0.1) is 0 Å². The van der Waals surface area contributed by atoms with Gasteiger partial charge in [-0.2, -0.15) is 0 Å². The number of hydrogen-bond acceptors (Lipinski definition) is 2. The van der Waals surface area contributed by atoms with Crippen molar-refractivity contribution in [2.45, 2.75) is 70.0 Å². The molecule has 0 saturated carbocycles. The summed E-state index contributed by atoms with van der Waals surface area (Å²) in [5.41, 5.74) is 0.880. The van der Waals surface area contributed by atoms with Crippen molar-refractivity contribution >= 4 is 21.1 Å². The Balaban J connectivity index is 0.000000284. The topological polar surface area (TPSA) is 46.1 Å². The maximum atomic E-state index is 12.7. The summed E-state index contributed by atoms with van der Waals surface area (Å²) in [7, 11) is 0. The summed E-state index contributed by atoms with van der Waals surface area (Å²) in [5.74, 6) is -25.0. The van der Waals surface area contributed by atoms with E-state index in [9.17, 15) is 71.7 Å². The Kier molecular flexibility index (Phi) is 15.0. The number of rotatable bonds is 10. The zero-order valence-corrected chi connectivity index (χ0v) is 30.4. The van der Waals surface area contributed by atoms with Gasteiger partial charge in [0, 0.05) is 0 Å². The summed E-state index contributed by atoms with van der Waals surface area (Å²) in [6.45, 7) is 3.41. The molecule has 0 amide bonds. The van der Waals surface area contributed by atoms with E-state index in [4.69, 9.17) is 0 Å². The molecule has 0 saturated heterocycles. The van der Waals surface area contributed by atoms with Gasteiger partial charge in [0.2, 0.25) is 0 Å². The van der Waals surface area contributed by atoms with Crippen LogP contribution in [0.15, 0.2) is 121 Å². The zero-order chi connectivity index (χ0) is 40.6. The van der Waals surface area contributed by atoms with Gasteiger partial charge in [0.25, 0.3) is 0 Å². The number of halogens is 14. The molecule has 4 aromatic carbocycles. The van der Waals surface area contributed by atoms with E-state index in [1.807, 2.05) is 121 Å². The summed E-state index contributed by atoms with van der Waals surface area (Å²) in [4.78, 5) is 0. The van der Waals surface area contributed by atoms with Crippen molar-refractivity contribution < 1.29 is 71.7 Å². The average Bonchev–Trinajstić information content (AvgIpc) is 3.09. The van der Waals surface area contributed by atoms with Crippen molar-refractivity contribution in [3.8, 4) is 0 Å². The van der Waals surface area contributed by atoms with E-state index in [-0.39, 0.29) is 0 Å². The van der Waals surface area contributed by atoms with E-state index >= 15 is 0 Å². The van der Waals surface area contributed by atoms with Crippen molar-refractivity contribution in [1.82, 2.24) is 0 Å². The third kappa shape index (κ3) is 11.3. The van der Waals surface area contributed by atoms with Crippen LogP contribution >= 0.6 is 0 Å². The Hall–Kier alpha value is -3.38. The number of benzene rings is 4. The Morgan fingerprint density at radius 2 is 0.566 bits per heavy atom. The molecule has 0 radical (unpaired) electrons. The van der Waals surface area contributed by atoms with Crippen LogP contribution in [0.4, 0.5) is 61.5 Å². The standard InChI is InChI=1S/2C14H13O.2C4H2F7.Sn/c2*1-14(15,12-8-4-2-5-9-12)13-10-6-3-7-11-13;2*1-2(5,6)3(7,8)4(9,10)11;/h2*2-11H,1H3;2*1H2;/q2*-1;;;+2. The third-order valence-corrected chi connectivity index (χ3v) is 11.6. The molecule has 2 nitrogen and oxygen atoms in total. The van der Waals surface area contributed by atoms with E-state index in [1.165, 1.54) is 0 Å². The summed E-state index contributed by atoms with van der Waals surface area (Å²) in [6, 6.07) is 37.9. The average molecular weight is 879 g/mol. The van der Waals surface area contributed by atoms with Gasteiger partial charge in [-0.05, 0) is 0 Å². The first-order valence-corrected chi connectivity index (χ1v) is 19.1. The molecule has 4 rings (SSSR count). The van der Waals surface area contributed by atoms with Gasteiger partial charge >= 0.3 is 128 Å². The molecule has 0 aliphatic carbocycles. The van der Waals surface area contributed by atoms with Crippen LogP contribution in [0.25, 0.3) is 0 Å². The second kappa shape index (κ2) is 17.4. The summed E-state index contributed by atoms with van der Waals surface area (Å²) < 4.78 is 166. The van der Waals surface area contributed by atoms with Crippen LogP contribution in [-0.4, -0.2) is 57.2 Å². The van der Waals surface area contributed by atoms with E-state index in [2.05, 4.69) is 0 Å². The molecule has 17 heteroatoms. The molecular formula is C36H30F14O2Sn. The Bertz CT molecular complexity index is 1450. The summed E-state index contributed by atoms with van der Waals surface area (Å²) >= 11 is -3.84. The second-order valence-electron chi connectivity index (χ2n) is 11.7. The van der Waals surface area contributed by atoms with Gasteiger partial charge in [0.05, 0.1) is 0 Å². The molecule has 0 aliphatic heterocycles. The number of alkyl halides is 14. The molecular weight excluding hydrogens is 849 g/mol. The van der Waals surface area contributed by atoms with Gasteiger partial charge in [0.1, 0.15) is 0 Å². The molecule has 0 bridgehead atoms. The Labute approximate surface area is 305 Å². The van der Waals surface area contributed by atoms with Crippen molar-refractivity contribution in [1.29, 1.82) is 0 Å². The first-order chi connectivity index (χ1) is 24.1. The van der Waals surface area contributed by atoms with Crippen LogP contribution in [0.3, 0.4) is 0 Å². The Morgan fingerprint density at radius 1 is 0.377 bits per heavy atom. The Morgan fingerprint density at radius 3 is 0.736 bits per heavy atom. The van der Waals surface area contributed by atoms with Crippen LogP contribution in [0.2, 0.25) is 8.87 Å². The van der Waals surface area contributed by atoms with Crippen molar-refractivity contribution in [3.63, 3.8) is 0 Å². The van der Waals surface area contributed by atoms with Crippen molar-refractivity contribution in [2.75, 3.05) is 0 Å². The molecule has 0 aliphatic rings. The molecule has 53 heavy (non-hydrogen) atoms. The molecule has 288 valence electrons. The number of hydrogen-bond donors (Lipinski definition) is 0. The second-order valence-corrected chi connectivity index (χ2v) is 15.1. The molecule has 0 heterocycles. The van der Waals surface area contributed by atoms with Gasteiger partial charge < -0.3 is 10.2 Å². The first-order valence-electron chi connectivity index (χ1n) is 15.1. The minimum absolute atomic E-state index is 0.802. The zero-order valence-electron chi connectivity index (χ0n) is 27.6. The SMILES string of the molecule is CC([O-])(c1ccccc1)c1ccccc1.CC([O-])(c1ccccc1)c1ccccc1.FC(F)(F)C(F)(F)C(F)(F)[CH2][Sn+2][CH2]C(F)(F)C(F)(F)C(F)(F)F. The van der Waals surface area contributed by atoms with Crippen LogP contribution in [0.1, 0.15) is 36.1 Å². The quantitative estimate of drug-likeness (QED) is 0.118. The minimum atomic E-state index is -6.74. The van der Waals surface area contributed by atoms with E-state index in [0.717, 1.165) is 22.3 Å². The monoisotopic (exact) mass is 880 g/mol. The van der Waals surface area contributed by atoms with Crippen LogP contribution in [0, 0.1) is 0 Å². The normalized spacial score (nSPS) is 13.2. The predicted molar refractivity (Wildman–Crippen MR) is 166 cm³/mol.